The van der Waals surface area contributed by atoms with Crippen LogP contribution in [0.25, 0.3) is 28.0 Å². The molecule has 7 heteroatoms. The molecule has 6 nitrogen and oxygen atoms in total. The molecule has 35 heavy (non-hydrogen) atoms. The van der Waals surface area contributed by atoms with Crippen molar-refractivity contribution >= 4 is 11.0 Å². The van der Waals surface area contributed by atoms with E-state index in [0.717, 1.165) is 41.5 Å². The lowest BCUT2D eigenvalue weighted by atomic mass is 9.93. The molecule has 0 aliphatic carbocycles. The Morgan fingerprint density at radius 2 is 1.89 bits per heavy atom. The lowest BCUT2D eigenvalue weighted by Crippen LogP contribution is -2.20. The number of hydrogen-bond acceptors (Lipinski definition) is 4. The van der Waals surface area contributed by atoms with Crippen LogP contribution in [0.4, 0.5) is 4.39 Å². The number of nitrogens with two attached hydrogens (primary N) is 1. The number of hydrogen-bond donors (Lipinski definition) is 2. The monoisotopic (exact) mass is 474 g/mol. The van der Waals surface area contributed by atoms with Crippen molar-refractivity contribution < 1.29 is 9.13 Å². The number of ether oxygens (including phenoxy) is 1. The van der Waals surface area contributed by atoms with Crippen LogP contribution in [-0.2, 0) is 24.4 Å². The molecule has 0 bridgehead atoms. The van der Waals surface area contributed by atoms with Crippen LogP contribution in [0.15, 0.2) is 47.4 Å². The van der Waals surface area contributed by atoms with Gasteiger partial charge < -0.3 is 15.5 Å². The van der Waals surface area contributed by atoms with Gasteiger partial charge in [-0.05, 0) is 73.1 Å². The largest absolute Gasteiger partial charge is 0.372 e. The molecule has 0 saturated heterocycles. The normalized spacial score (nSPS) is 14.1. The zero-order chi connectivity index (χ0) is 24.7. The SMILES string of the molecule is CC(C)c1ccc(-n2cc3cc(-c4cc(CCC[C@H](C)N)c5c(c4F)COC5)[nH]c3nc2=O)cc1. The summed E-state index contributed by atoms with van der Waals surface area (Å²) in [5, 5.41) is 0.738. The van der Waals surface area contributed by atoms with Crippen LogP contribution in [0, 0.1) is 5.82 Å². The van der Waals surface area contributed by atoms with Crippen molar-refractivity contribution in [1.29, 1.82) is 0 Å². The van der Waals surface area contributed by atoms with Crippen molar-refractivity contribution in [3.05, 3.63) is 81.2 Å². The number of halogens is 1. The minimum Gasteiger partial charge on any atom is -0.372 e. The van der Waals surface area contributed by atoms with E-state index in [9.17, 15) is 4.79 Å². The first kappa shape index (κ1) is 23.5. The lowest BCUT2D eigenvalue weighted by molar-refractivity contribution is 0.133. The Morgan fingerprint density at radius 1 is 1.14 bits per heavy atom. The predicted molar refractivity (Wildman–Crippen MR) is 136 cm³/mol. The number of rotatable bonds is 7. The molecule has 0 fully saturated rings. The number of H-pyrrole nitrogens is 1. The second-order valence-corrected chi connectivity index (χ2v) is 9.84. The molecule has 0 amide bonds. The number of fused-ring (bicyclic) bond motifs is 2. The number of aryl methyl sites for hydroxylation is 1. The van der Waals surface area contributed by atoms with Gasteiger partial charge in [-0.1, -0.05) is 26.0 Å². The number of aromatic amines is 1. The molecule has 5 rings (SSSR count). The maximum atomic E-state index is 15.5. The second-order valence-electron chi connectivity index (χ2n) is 9.84. The van der Waals surface area contributed by atoms with Crippen molar-refractivity contribution in [2.24, 2.45) is 5.73 Å². The van der Waals surface area contributed by atoms with E-state index < -0.39 is 0 Å². The fraction of sp³-hybridized carbons (Fsp3) is 0.357. The number of nitrogens with zero attached hydrogens (tertiary/aromatic N) is 2. The Hall–Kier alpha value is -3.29. The molecule has 2 aromatic carbocycles. The highest BCUT2D eigenvalue weighted by Gasteiger charge is 2.24. The summed E-state index contributed by atoms with van der Waals surface area (Å²) < 4.78 is 22.6. The molecule has 3 N–H and O–H groups in total. The smallest absolute Gasteiger partial charge is 0.354 e. The third-order valence-electron chi connectivity index (χ3n) is 6.81. The van der Waals surface area contributed by atoms with Crippen molar-refractivity contribution in [3.63, 3.8) is 0 Å². The van der Waals surface area contributed by atoms with E-state index in [1.807, 2.05) is 43.3 Å². The minimum absolute atomic E-state index is 0.133. The van der Waals surface area contributed by atoms with Gasteiger partial charge in [0.1, 0.15) is 11.5 Å². The third kappa shape index (κ3) is 4.54. The zero-order valence-electron chi connectivity index (χ0n) is 20.4. The molecule has 1 atom stereocenters. The standard InChI is InChI=1S/C28H31FN4O2/c1-16(2)18-7-9-21(10-8-18)33-13-20-12-25(31-27(20)32-28(33)34)22-11-19(6-4-5-17(3)30)23-14-35-15-24(23)26(22)29/h7-13,16-17H,4-6,14-15,30H2,1-3H3,(H,31,32,34)/t17-/m0/s1. The number of benzene rings is 2. The summed E-state index contributed by atoms with van der Waals surface area (Å²) >= 11 is 0. The topological polar surface area (TPSA) is 85.9 Å². The minimum atomic E-state index is -0.386. The molecule has 0 saturated carbocycles. The molecular weight excluding hydrogens is 443 g/mol. The van der Waals surface area contributed by atoms with Crippen LogP contribution in [0.1, 0.15) is 61.8 Å². The van der Waals surface area contributed by atoms with Gasteiger partial charge in [0.25, 0.3) is 0 Å². The molecule has 1 aliphatic rings. The maximum Gasteiger partial charge on any atom is 0.354 e. The van der Waals surface area contributed by atoms with E-state index in [1.165, 1.54) is 10.1 Å². The average Bonchev–Trinajstić information content (AvgIpc) is 3.47. The van der Waals surface area contributed by atoms with Gasteiger partial charge in [0.05, 0.1) is 24.6 Å². The molecule has 0 unspecified atom stereocenters. The predicted octanol–water partition coefficient (Wildman–Crippen LogP) is 5.34. The van der Waals surface area contributed by atoms with Gasteiger partial charge in [0, 0.05) is 28.8 Å². The van der Waals surface area contributed by atoms with Crippen molar-refractivity contribution in [2.45, 2.75) is 65.2 Å². The summed E-state index contributed by atoms with van der Waals surface area (Å²) in [5.74, 6) is 0.129. The molecular formula is C28H31FN4O2. The van der Waals surface area contributed by atoms with Crippen molar-refractivity contribution in [3.8, 4) is 16.9 Å². The summed E-state index contributed by atoms with van der Waals surface area (Å²) in [7, 11) is 0. The summed E-state index contributed by atoms with van der Waals surface area (Å²) in [6.45, 7) is 6.96. The Labute approximate surface area is 204 Å². The van der Waals surface area contributed by atoms with Gasteiger partial charge in [-0.2, -0.15) is 4.98 Å². The Morgan fingerprint density at radius 3 is 2.60 bits per heavy atom. The quantitative estimate of drug-likeness (QED) is 0.378. The summed E-state index contributed by atoms with van der Waals surface area (Å²) in [5.41, 5.74) is 11.7. The number of nitrogens with one attached hydrogen (secondary N) is 1. The summed E-state index contributed by atoms with van der Waals surface area (Å²) in [6, 6.07) is 11.8. The van der Waals surface area contributed by atoms with Gasteiger partial charge in [-0.25, -0.2) is 9.18 Å². The zero-order valence-corrected chi connectivity index (χ0v) is 20.4. The third-order valence-corrected chi connectivity index (χ3v) is 6.81. The van der Waals surface area contributed by atoms with Gasteiger partial charge in [0.15, 0.2) is 0 Å². The van der Waals surface area contributed by atoms with E-state index in [-0.39, 0.29) is 24.2 Å². The van der Waals surface area contributed by atoms with Gasteiger partial charge in [-0.15, -0.1) is 0 Å². The van der Waals surface area contributed by atoms with Crippen LogP contribution in [0.5, 0.6) is 0 Å². The fourth-order valence-corrected chi connectivity index (χ4v) is 4.78. The lowest BCUT2D eigenvalue weighted by Gasteiger charge is -2.13. The summed E-state index contributed by atoms with van der Waals surface area (Å²) in [4.78, 5) is 20.2. The average molecular weight is 475 g/mol. The first-order valence-corrected chi connectivity index (χ1v) is 12.2. The van der Waals surface area contributed by atoms with Gasteiger partial charge >= 0.3 is 5.69 Å². The van der Waals surface area contributed by atoms with Gasteiger partial charge in [-0.3, -0.25) is 4.57 Å². The van der Waals surface area contributed by atoms with E-state index in [0.29, 0.717) is 35.0 Å². The molecule has 182 valence electrons. The Kier molecular flexibility index (Phi) is 6.30. The van der Waals surface area contributed by atoms with Crippen LogP contribution < -0.4 is 11.4 Å². The van der Waals surface area contributed by atoms with E-state index >= 15 is 4.39 Å². The Balaban J connectivity index is 1.54. The molecule has 1 aliphatic heterocycles. The Bertz CT molecular complexity index is 1430. The van der Waals surface area contributed by atoms with Crippen LogP contribution >= 0.6 is 0 Å². The first-order chi connectivity index (χ1) is 16.8. The van der Waals surface area contributed by atoms with E-state index in [2.05, 4.69) is 23.8 Å². The van der Waals surface area contributed by atoms with Crippen molar-refractivity contribution in [1.82, 2.24) is 14.5 Å². The highest BCUT2D eigenvalue weighted by molar-refractivity contribution is 5.83. The highest BCUT2D eigenvalue weighted by Crippen LogP contribution is 2.35. The van der Waals surface area contributed by atoms with Crippen LogP contribution in [-0.4, -0.2) is 20.6 Å². The number of aromatic nitrogens is 3. The molecule has 4 aromatic rings. The molecule has 3 heterocycles. The van der Waals surface area contributed by atoms with Crippen LogP contribution in [0.2, 0.25) is 0 Å². The fourth-order valence-electron chi connectivity index (χ4n) is 4.78. The first-order valence-electron chi connectivity index (χ1n) is 12.2. The van der Waals surface area contributed by atoms with Gasteiger partial charge in [0.2, 0.25) is 0 Å². The molecule has 2 aromatic heterocycles. The van der Waals surface area contributed by atoms with Crippen molar-refractivity contribution in [2.75, 3.05) is 0 Å². The second kappa shape index (κ2) is 9.40. The maximum absolute atomic E-state index is 15.5. The van der Waals surface area contributed by atoms with E-state index in [1.54, 1.807) is 6.20 Å². The molecule has 0 radical (unpaired) electrons. The highest BCUT2D eigenvalue weighted by atomic mass is 19.1. The van der Waals surface area contributed by atoms with E-state index in [4.69, 9.17) is 10.5 Å². The molecule has 0 spiro atoms. The van der Waals surface area contributed by atoms with Crippen LogP contribution in [0.3, 0.4) is 0 Å². The summed E-state index contributed by atoms with van der Waals surface area (Å²) in [6.07, 6.45) is 4.41.